The Morgan fingerprint density at radius 1 is 1.35 bits per heavy atom. The predicted molar refractivity (Wildman–Crippen MR) is 83.9 cm³/mol. The number of nitrogens with zero attached hydrogens (tertiary/aromatic N) is 4. The van der Waals surface area contributed by atoms with Crippen LogP contribution in [0.15, 0.2) is 29.6 Å². The van der Waals surface area contributed by atoms with Gasteiger partial charge in [-0.1, -0.05) is 0 Å². The summed E-state index contributed by atoms with van der Waals surface area (Å²) in [6, 6.07) is 5.15. The molecule has 0 spiro atoms. The molecule has 0 aliphatic rings. The summed E-state index contributed by atoms with van der Waals surface area (Å²) < 4.78 is 10.3. The summed E-state index contributed by atoms with van der Waals surface area (Å²) in [7, 11) is 3.05. The van der Waals surface area contributed by atoms with Crippen molar-refractivity contribution in [3.63, 3.8) is 0 Å². The molecule has 1 aromatic carbocycles. The van der Waals surface area contributed by atoms with E-state index in [1.165, 1.54) is 20.4 Å². The second-order valence-corrected chi connectivity index (χ2v) is 4.19. The Morgan fingerprint density at radius 2 is 2.13 bits per heavy atom. The Bertz CT molecular complexity index is 749. The van der Waals surface area contributed by atoms with Crippen LogP contribution >= 0.6 is 0 Å². The quantitative estimate of drug-likeness (QED) is 0.463. The number of hydrazone groups is 1. The van der Waals surface area contributed by atoms with Crippen molar-refractivity contribution in [1.29, 1.82) is 0 Å². The number of methoxy groups -OCH3 is 2. The summed E-state index contributed by atoms with van der Waals surface area (Å²) in [5, 5.41) is 14.9. The van der Waals surface area contributed by atoms with Crippen LogP contribution < -0.4 is 20.6 Å². The Kier molecular flexibility index (Phi) is 4.87. The van der Waals surface area contributed by atoms with Crippen LogP contribution in [0.5, 0.6) is 11.5 Å². The molecule has 2 aromatic rings. The zero-order valence-electron chi connectivity index (χ0n) is 12.4. The standard InChI is InChI=1S/C13H14N6O4/c1-22-9-3-4-10(23-2)8(5-9)6-17-18-13-11(19(20)21)12(14)15-7-16-13/h3-7H,1-2H3,(H3,14,15,16,18)/b17-6-. The molecule has 0 atom stereocenters. The maximum atomic E-state index is 11.0. The Labute approximate surface area is 131 Å². The summed E-state index contributed by atoms with van der Waals surface area (Å²) >= 11 is 0. The fraction of sp³-hybridized carbons (Fsp3) is 0.154. The lowest BCUT2D eigenvalue weighted by Crippen LogP contribution is -2.05. The van der Waals surface area contributed by atoms with Gasteiger partial charge in [0.1, 0.15) is 17.8 Å². The van der Waals surface area contributed by atoms with Crippen molar-refractivity contribution in [2.24, 2.45) is 5.10 Å². The van der Waals surface area contributed by atoms with Gasteiger partial charge in [0.25, 0.3) is 0 Å². The highest BCUT2D eigenvalue weighted by atomic mass is 16.6. The SMILES string of the molecule is COc1ccc(OC)c(/C=N\Nc2ncnc(N)c2[N+](=O)[O-])c1. The van der Waals surface area contributed by atoms with Gasteiger partial charge < -0.3 is 15.2 Å². The van der Waals surface area contributed by atoms with Crippen LogP contribution in [-0.4, -0.2) is 35.3 Å². The van der Waals surface area contributed by atoms with Crippen LogP contribution in [0.4, 0.5) is 17.3 Å². The van der Waals surface area contributed by atoms with E-state index in [4.69, 9.17) is 15.2 Å². The first-order valence-electron chi connectivity index (χ1n) is 6.32. The highest BCUT2D eigenvalue weighted by molar-refractivity contribution is 5.85. The minimum Gasteiger partial charge on any atom is -0.497 e. The molecule has 0 saturated heterocycles. The van der Waals surface area contributed by atoms with E-state index < -0.39 is 10.6 Å². The summed E-state index contributed by atoms with van der Waals surface area (Å²) in [5.41, 5.74) is 8.11. The van der Waals surface area contributed by atoms with Crippen LogP contribution in [-0.2, 0) is 0 Å². The number of nitrogens with two attached hydrogens (primary N) is 1. The Balaban J connectivity index is 2.26. The van der Waals surface area contributed by atoms with Gasteiger partial charge in [0.15, 0.2) is 0 Å². The number of aromatic nitrogens is 2. The molecule has 10 nitrogen and oxygen atoms in total. The van der Waals surface area contributed by atoms with E-state index in [0.717, 1.165) is 6.33 Å². The van der Waals surface area contributed by atoms with E-state index in [0.29, 0.717) is 17.1 Å². The third-order valence-corrected chi connectivity index (χ3v) is 2.84. The molecule has 120 valence electrons. The second kappa shape index (κ2) is 7.02. The highest BCUT2D eigenvalue weighted by Crippen LogP contribution is 2.26. The first kappa shape index (κ1) is 15.9. The molecule has 1 heterocycles. The molecular weight excluding hydrogens is 304 g/mol. The van der Waals surface area contributed by atoms with E-state index in [1.807, 2.05) is 0 Å². The first-order chi connectivity index (χ1) is 11.1. The predicted octanol–water partition coefficient (Wildman–Crippen LogP) is 1.43. The van der Waals surface area contributed by atoms with Crippen LogP contribution in [0.2, 0.25) is 0 Å². The summed E-state index contributed by atoms with van der Waals surface area (Å²) in [5.74, 6) is 0.819. The number of rotatable bonds is 6. The zero-order valence-corrected chi connectivity index (χ0v) is 12.4. The second-order valence-electron chi connectivity index (χ2n) is 4.19. The average molecular weight is 318 g/mol. The maximum Gasteiger partial charge on any atom is 0.354 e. The molecule has 10 heteroatoms. The van der Waals surface area contributed by atoms with Gasteiger partial charge in [-0.25, -0.2) is 9.97 Å². The van der Waals surface area contributed by atoms with E-state index >= 15 is 0 Å². The van der Waals surface area contributed by atoms with Crippen LogP contribution in [0.25, 0.3) is 0 Å². The molecular formula is C13H14N6O4. The third-order valence-electron chi connectivity index (χ3n) is 2.84. The number of nitrogens with one attached hydrogen (secondary N) is 1. The lowest BCUT2D eigenvalue weighted by molar-refractivity contribution is -0.383. The van der Waals surface area contributed by atoms with Gasteiger partial charge in [0.2, 0.25) is 11.6 Å². The number of nitrogen functional groups attached to an aromatic ring is 1. The topological polar surface area (TPSA) is 138 Å². The van der Waals surface area contributed by atoms with Crippen molar-refractivity contribution < 1.29 is 14.4 Å². The van der Waals surface area contributed by atoms with Crippen molar-refractivity contribution in [2.75, 3.05) is 25.4 Å². The minimum absolute atomic E-state index is 0.111. The average Bonchev–Trinajstić information content (AvgIpc) is 2.54. The van der Waals surface area contributed by atoms with E-state index in [-0.39, 0.29) is 11.6 Å². The maximum absolute atomic E-state index is 11.0. The minimum atomic E-state index is -0.681. The van der Waals surface area contributed by atoms with E-state index in [1.54, 1.807) is 18.2 Å². The molecule has 23 heavy (non-hydrogen) atoms. The van der Waals surface area contributed by atoms with Gasteiger partial charge >= 0.3 is 5.69 Å². The third kappa shape index (κ3) is 3.61. The van der Waals surface area contributed by atoms with Crippen LogP contribution in [0.3, 0.4) is 0 Å². The fourth-order valence-corrected chi connectivity index (χ4v) is 1.76. The van der Waals surface area contributed by atoms with Gasteiger partial charge in [0, 0.05) is 5.56 Å². The zero-order chi connectivity index (χ0) is 16.8. The van der Waals surface area contributed by atoms with Crippen molar-refractivity contribution in [3.05, 3.63) is 40.2 Å². The van der Waals surface area contributed by atoms with Crippen molar-refractivity contribution in [1.82, 2.24) is 9.97 Å². The summed E-state index contributed by atoms with van der Waals surface area (Å²) in [6.07, 6.45) is 2.52. The molecule has 0 radical (unpaired) electrons. The fourth-order valence-electron chi connectivity index (χ4n) is 1.76. The molecule has 0 aliphatic carbocycles. The molecule has 0 unspecified atom stereocenters. The lowest BCUT2D eigenvalue weighted by atomic mass is 10.2. The van der Waals surface area contributed by atoms with Crippen molar-refractivity contribution in [3.8, 4) is 11.5 Å². The normalized spacial score (nSPS) is 10.5. The molecule has 0 saturated carbocycles. The van der Waals surface area contributed by atoms with Gasteiger partial charge in [-0.05, 0) is 18.2 Å². The lowest BCUT2D eigenvalue weighted by Gasteiger charge is -2.07. The molecule has 0 fully saturated rings. The molecule has 0 aliphatic heterocycles. The van der Waals surface area contributed by atoms with Crippen LogP contribution in [0, 0.1) is 10.1 Å². The molecule has 2 rings (SSSR count). The monoisotopic (exact) mass is 318 g/mol. The summed E-state index contributed by atoms with van der Waals surface area (Å²) in [4.78, 5) is 17.6. The Morgan fingerprint density at radius 3 is 2.78 bits per heavy atom. The number of hydrogen-bond acceptors (Lipinski definition) is 9. The Hall–Kier alpha value is -3.43. The van der Waals surface area contributed by atoms with Crippen molar-refractivity contribution in [2.45, 2.75) is 0 Å². The molecule has 1 aromatic heterocycles. The van der Waals surface area contributed by atoms with Gasteiger partial charge in [-0.15, -0.1) is 0 Å². The largest absolute Gasteiger partial charge is 0.497 e. The number of nitro groups is 1. The highest BCUT2D eigenvalue weighted by Gasteiger charge is 2.20. The molecule has 0 amide bonds. The van der Waals surface area contributed by atoms with E-state index in [2.05, 4.69) is 20.5 Å². The number of anilines is 2. The van der Waals surface area contributed by atoms with E-state index in [9.17, 15) is 10.1 Å². The van der Waals surface area contributed by atoms with Gasteiger partial charge in [-0.3, -0.25) is 15.5 Å². The number of ether oxygens (including phenoxy) is 2. The number of benzene rings is 1. The van der Waals surface area contributed by atoms with Gasteiger partial charge in [0.05, 0.1) is 25.4 Å². The molecule has 3 N–H and O–H groups in total. The summed E-state index contributed by atoms with van der Waals surface area (Å²) in [6.45, 7) is 0. The van der Waals surface area contributed by atoms with Gasteiger partial charge in [-0.2, -0.15) is 5.10 Å². The number of hydrogen-bond donors (Lipinski definition) is 2. The molecule has 0 bridgehead atoms. The van der Waals surface area contributed by atoms with Crippen molar-refractivity contribution >= 4 is 23.5 Å². The smallest absolute Gasteiger partial charge is 0.354 e. The van der Waals surface area contributed by atoms with Crippen LogP contribution in [0.1, 0.15) is 5.56 Å². The first-order valence-corrected chi connectivity index (χ1v) is 6.32.